The van der Waals surface area contributed by atoms with E-state index in [0.717, 1.165) is 41.5 Å². The van der Waals surface area contributed by atoms with E-state index in [1.54, 1.807) is 12.3 Å². The second-order valence-corrected chi connectivity index (χ2v) is 8.46. The summed E-state index contributed by atoms with van der Waals surface area (Å²) in [5.41, 5.74) is 10.5. The molecular formula is C26H22FN3O2. The molecule has 1 aromatic heterocycles. The summed E-state index contributed by atoms with van der Waals surface area (Å²) >= 11 is 0. The summed E-state index contributed by atoms with van der Waals surface area (Å²) < 4.78 is 27.1. The van der Waals surface area contributed by atoms with Crippen LogP contribution in [0, 0.1) is 5.82 Å². The average Bonchev–Trinajstić information content (AvgIpc) is 3.23. The summed E-state index contributed by atoms with van der Waals surface area (Å²) in [6, 6.07) is 13.4. The molecule has 5 nitrogen and oxygen atoms in total. The van der Waals surface area contributed by atoms with Crippen molar-refractivity contribution in [3.05, 3.63) is 83.4 Å². The third-order valence-corrected chi connectivity index (χ3v) is 6.51. The third-order valence-electron chi connectivity index (χ3n) is 6.51. The fraction of sp³-hybridized carbons (Fsp3) is 0.231. The number of allylic oxidation sites excluding steroid dienone is 2. The predicted molar refractivity (Wildman–Crippen MR) is 121 cm³/mol. The molecule has 3 aliphatic rings. The zero-order valence-electron chi connectivity index (χ0n) is 17.5. The Bertz CT molecular complexity index is 1290. The Labute approximate surface area is 185 Å². The van der Waals surface area contributed by atoms with Gasteiger partial charge in [-0.15, -0.1) is 0 Å². The number of benzene rings is 2. The van der Waals surface area contributed by atoms with Crippen molar-refractivity contribution in [3.8, 4) is 22.6 Å². The highest BCUT2D eigenvalue weighted by atomic mass is 19.1. The molecule has 0 saturated carbocycles. The molecule has 0 fully saturated rings. The van der Waals surface area contributed by atoms with E-state index in [0.29, 0.717) is 11.3 Å². The van der Waals surface area contributed by atoms with Crippen LogP contribution in [0.25, 0.3) is 16.7 Å². The molecule has 32 heavy (non-hydrogen) atoms. The Morgan fingerprint density at radius 1 is 1.00 bits per heavy atom. The van der Waals surface area contributed by atoms with Gasteiger partial charge in [0.1, 0.15) is 12.4 Å². The lowest BCUT2D eigenvalue weighted by atomic mass is 9.79. The van der Waals surface area contributed by atoms with Crippen molar-refractivity contribution in [2.24, 2.45) is 10.7 Å². The van der Waals surface area contributed by atoms with Crippen molar-refractivity contribution in [2.45, 2.75) is 31.2 Å². The molecule has 2 N–H and O–H groups in total. The minimum atomic E-state index is -0.961. The zero-order chi connectivity index (χ0) is 21.7. The number of ether oxygens (including phenoxy) is 2. The van der Waals surface area contributed by atoms with Gasteiger partial charge >= 0.3 is 0 Å². The Morgan fingerprint density at radius 2 is 1.91 bits per heavy atom. The number of aliphatic imine (C=N–C) groups is 1. The van der Waals surface area contributed by atoms with Crippen LogP contribution in [0.15, 0.2) is 65.9 Å². The summed E-state index contributed by atoms with van der Waals surface area (Å²) in [6.45, 7) is 0.195. The Morgan fingerprint density at radius 3 is 2.66 bits per heavy atom. The van der Waals surface area contributed by atoms with Crippen LogP contribution in [0.3, 0.4) is 0 Å². The fourth-order valence-corrected chi connectivity index (χ4v) is 4.91. The normalized spacial score (nSPS) is 21.2. The number of nitrogens with zero attached hydrogens (tertiary/aromatic N) is 2. The first-order valence-electron chi connectivity index (χ1n) is 10.9. The second-order valence-electron chi connectivity index (χ2n) is 8.46. The van der Waals surface area contributed by atoms with Gasteiger partial charge in [-0.3, -0.25) is 4.98 Å². The van der Waals surface area contributed by atoms with E-state index in [1.807, 2.05) is 42.6 Å². The number of fused-ring (bicyclic) bond motifs is 4. The number of hydrogen-bond donors (Lipinski definition) is 1. The smallest absolute Gasteiger partial charge is 0.283 e. The van der Waals surface area contributed by atoms with Gasteiger partial charge in [0, 0.05) is 29.1 Å². The van der Waals surface area contributed by atoms with E-state index in [-0.39, 0.29) is 18.4 Å². The van der Waals surface area contributed by atoms with Gasteiger partial charge in [-0.2, -0.15) is 0 Å². The molecule has 3 heterocycles. The molecule has 1 spiro atoms. The Balaban J connectivity index is 1.56. The lowest BCUT2D eigenvalue weighted by molar-refractivity contribution is 0.262. The Kier molecular flexibility index (Phi) is 4.28. The van der Waals surface area contributed by atoms with Crippen molar-refractivity contribution >= 4 is 11.6 Å². The molecule has 160 valence electrons. The first kappa shape index (κ1) is 19.0. The lowest BCUT2D eigenvalue weighted by Crippen LogP contribution is -2.31. The minimum absolute atomic E-state index is 0.0956. The minimum Gasteiger partial charge on any atom is -0.462 e. The van der Waals surface area contributed by atoms with Gasteiger partial charge in [-0.05, 0) is 72.7 Å². The van der Waals surface area contributed by atoms with E-state index in [9.17, 15) is 0 Å². The average molecular weight is 427 g/mol. The third kappa shape index (κ3) is 2.90. The van der Waals surface area contributed by atoms with E-state index in [2.05, 4.69) is 11.1 Å². The molecule has 0 amide bonds. The second kappa shape index (κ2) is 7.19. The van der Waals surface area contributed by atoms with E-state index in [1.165, 1.54) is 12.0 Å². The SMILES string of the molecule is NC1=N[C@@]2(CO1)c1cc(-c3cccnc3)ccc1Oc1c(F)cc(C3=CCCCC3)cc12. The summed E-state index contributed by atoms with van der Waals surface area (Å²) in [4.78, 5) is 8.94. The van der Waals surface area contributed by atoms with E-state index in [4.69, 9.17) is 20.2 Å². The fourth-order valence-electron chi connectivity index (χ4n) is 4.91. The van der Waals surface area contributed by atoms with Gasteiger partial charge < -0.3 is 15.2 Å². The van der Waals surface area contributed by atoms with Crippen LogP contribution in [0.2, 0.25) is 0 Å². The molecular weight excluding hydrogens is 405 g/mol. The zero-order valence-corrected chi connectivity index (χ0v) is 17.5. The van der Waals surface area contributed by atoms with E-state index < -0.39 is 11.4 Å². The predicted octanol–water partition coefficient (Wildman–Crippen LogP) is 5.54. The van der Waals surface area contributed by atoms with Crippen molar-refractivity contribution in [3.63, 3.8) is 0 Å². The van der Waals surface area contributed by atoms with Gasteiger partial charge in [-0.1, -0.05) is 18.2 Å². The van der Waals surface area contributed by atoms with Crippen LogP contribution >= 0.6 is 0 Å². The van der Waals surface area contributed by atoms with Crippen molar-refractivity contribution in [1.29, 1.82) is 0 Å². The number of hydrogen-bond acceptors (Lipinski definition) is 5. The topological polar surface area (TPSA) is 69.7 Å². The Hall–Kier alpha value is -3.67. The van der Waals surface area contributed by atoms with Crippen molar-refractivity contribution < 1.29 is 13.9 Å². The summed E-state index contributed by atoms with van der Waals surface area (Å²) in [7, 11) is 0. The molecule has 1 aliphatic carbocycles. The lowest BCUT2D eigenvalue weighted by Gasteiger charge is -2.34. The highest BCUT2D eigenvalue weighted by Gasteiger charge is 2.48. The van der Waals surface area contributed by atoms with Crippen LogP contribution in [-0.4, -0.2) is 17.6 Å². The molecule has 1 atom stereocenters. The van der Waals surface area contributed by atoms with Crippen molar-refractivity contribution in [2.75, 3.05) is 6.61 Å². The van der Waals surface area contributed by atoms with Gasteiger partial charge in [-0.25, -0.2) is 9.38 Å². The molecule has 2 aromatic carbocycles. The first-order chi connectivity index (χ1) is 15.6. The monoisotopic (exact) mass is 427 g/mol. The number of rotatable bonds is 2. The highest BCUT2D eigenvalue weighted by Crippen LogP contribution is 2.53. The first-order valence-corrected chi connectivity index (χ1v) is 10.9. The number of nitrogens with two attached hydrogens (primary N) is 1. The van der Waals surface area contributed by atoms with Crippen LogP contribution < -0.4 is 10.5 Å². The number of amidine groups is 1. The molecule has 6 heteroatoms. The molecule has 3 aromatic rings. The quantitative estimate of drug-likeness (QED) is 0.583. The molecule has 0 radical (unpaired) electrons. The number of halogens is 1. The maximum Gasteiger partial charge on any atom is 0.283 e. The maximum absolute atomic E-state index is 15.4. The van der Waals surface area contributed by atoms with Gasteiger partial charge in [0.15, 0.2) is 17.1 Å². The van der Waals surface area contributed by atoms with Crippen LogP contribution in [0.4, 0.5) is 4.39 Å². The van der Waals surface area contributed by atoms with Gasteiger partial charge in [0.2, 0.25) is 0 Å². The van der Waals surface area contributed by atoms with Gasteiger partial charge in [0.05, 0.1) is 0 Å². The summed E-state index contributed by atoms with van der Waals surface area (Å²) in [5.74, 6) is 0.343. The van der Waals surface area contributed by atoms with E-state index >= 15 is 4.39 Å². The number of aromatic nitrogens is 1. The van der Waals surface area contributed by atoms with Crippen LogP contribution in [0.1, 0.15) is 42.4 Å². The summed E-state index contributed by atoms with van der Waals surface area (Å²) in [5, 5.41) is 0. The van der Waals surface area contributed by atoms with Crippen molar-refractivity contribution in [1.82, 2.24) is 4.98 Å². The largest absolute Gasteiger partial charge is 0.462 e. The maximum atomic E-state index is 15.4. The number of pyridine rings is 1. The summed E-state index contributed by atoms with van der Waals surface area (Å²) in [6.07, 6.45) is 9.99. The molecule has 2 aliphatic heterocycles. The highest BCUT2D eigenvalue weighted by molar-refractivity contribution is 5.79. The van der Waals surface area contributed by atoms with Crippen LogP contribution in [0.5, 0.6) is 11.5 Å². The van der Waals surface area contributed by atoms with Crippen LogP contribution in [-0.2, 0) is 10.3 Å². The molecule has 0 bridgehead atoms. The molecule has 0 unspecified atom stereocenters. The molecule has 0 saturated heterocycles. The van der Waals surface area contributed by atoms with Gasteiger partial charge in [0.25, 0.3) is 6.02 Å². The molecule has 6 rings (SSSR count). The standard InChI is InChI=1S/C26H22FN3O2/c27-22-13-19(16-5-2-1-3-6-16)12-21-24(22)32-23-9-8-17(18-7-4-10-29-14-18)11-20(23)26(21)15-31-25(28)30-26/h4-5,7-14H,1-3,6,15H2,(H2,28,30)/t26-/m0/s1.